The molecule has 0 aliphatic carbocycles. The highest BCUT2D eigenvalue weighted by Gasteiger charge is 2.02. The zero-order chi connectivity index (χ0) is 9.97. The summed E-state index contributed by atoms with van der Waals surface area (Å²) in [5.41, 5.74) is 2.93. The molecule has 0 aliphatic rings. The Morgan fingerprint density at radius 2 is 1.71 bits per heavy atom. The first-order chi connectivity index (χ1) is 6.75. The molecule has 2 aromatic rings. The monoisotopic (exact) mass is 186 g/mol. The molecule has 70 valence electrons. The van der Waals surface area contributed by atoms with Gasteiger partial charge in [-0.25, -0.2) is 19.9 Å². The van der Waals surface area contributed by atoms with Crippen molar-refractivity contribution < 1.29 is 0 Å². The van der Waals surface area contributed by atoms with Crippen LogP contribution in [0.4, 0.5) is 0 Å². The number of nitrogens with zero attached hydrogens (tertiary/aromatic N) is 4. The molecule has 0 bridgehead atoms. The number of hydrogen-bond acceptors (Lipinski definition) is 4. The maximum Gasteiger partial charge on any atom is 0.181 e. The Labute approximate surface area is 82.1 Å². The van der Waals surface area contributed by atoms with Crippen LogP contribution in [0.3, 0.4) is 0 Å². The van der Waals surface area contributed by atoms with Gasteiger partial charge in [0.05, 0.1) is 0 Å². The molecule has 0 amide bonds. The van der Waals surface area contributed by atoms with Crippen LogP contribution in [0, 0.1) is 13.8 Å². The smallest absolute Gasteiger partial charge is 0.181 e. The van der Waals surface area contributed by atoms with E-state index in [0.29, 0.717) is 5.82 Å². The quantitative estimate of drug-likeness (QED) is 0.678. The predicted octanol–water partition coefficient (Wildman–Crippen LogP) is 1.55. The molecule has 0 saturated heterocycles. The Morgan fingerprint density at radius 1 is 1.00 bits per heavy atom. The van der Waals surface area contributed by atoms with Gasteiger partial charge in [0.25, 0.3) is 0 Å². The topological polar surface area (TPSA) is 51.6 Å². The zero-order valence-corrected chi connectivity index (χ0v) is 8.10. The molecule has 0 aromatic carbocycles. The Kier molecular flexibility index (Phi) is 2.18. The van der Waals surface area contributed by atoms with Crippen LogP contribution in [0.5, 0.6) is 0 Å². The predicted molar refractivity (Wildman–Crippen MR) is 52.5 cm³/mol. The fourth-order valence-electron chi connectivity index (χ4n) is 1.33. The lowest BCUT2D eigenvalue weighted by Gasteiger charge is -2.01. The van der Waals surface area contributed by atoms with Gasteiger partial charge in [-0.1, -0.05) is 0 Å². The van der Waals surface area contributed by atoms with Crippen molar-refractivity contribution in [3.8, 4) is 11.5 Å². The molecule has 0 radical (unpaired) electrons. The van der Waals surface area contributed by atoms with Gasteiger partial charge in [-0.3, -0.25) is 0 Å². The van der Waals surface area contributed by atoms with Crippen molar-refractivity contribution in [2.75, 3.05) is 0 Å². The van der Waals surface area contributed by atoms with E-state index in [2.05, 4.69) is 19.9 Å². The Hall–Kier alpha value is -1.84. The van der Waals surface area contributed by atoms with Crippen LogP contribution in [0.15, 0.2) is 24.8 Å². The number of rotatable bonds is 1. The molecule has 4 nitrogen and oxygen atoms in total. The number of pyridine rings is 1. The molecule has 4 heteroatoms. The molecule has 2 heterocycles. The lowest BCUT2D eigenvalue weighted by Crippen LogP contribution is -1.94. The van der Waals surface area contributed by atoms with Crippen LogP contribution in [0.25, 0.3) is 11.5 Å². The van der Waals surface area contributed by atoms with Crippen LogP contribution in [-0.2, 0) is 0 Å². The van der Waals surface area contributed by atoms with Gasteiger partial charge in [0, 0.05) is 5.69 Å². The molecular weight excluding hydrogens is 176 g/mol. The van der Waals surface area contributed by atoms with Crippen molar-refractivity contribution in [3.05, 3.63) is 36.0 Å². The van der Waals surface area contributed by atoms with Crippen LogP contribution in [0.2, 0.25) is 0 Å². The van der Waals surface area contributed by atoms with Crippen LogP contribution < -0.4 is 0 Å². The average Bonchev–Trinajstić information content (AvgIpc) is 2.18. The SMILES string of the molecule is Cc1cc(C)nc(-c2ncncn2)c1. The molecule has 0 unspecified atom stereocenters. The van der Waals surface area contributed by atoms with Crippen molar-refractivity contribution in [1.82, 2.24) is 19.9 Å². The van der Waals surface area contributed by atoms with Gasteiger partial charge < -0.3 is 0 Å². The maximum absolute atomic E-state index is 4.35. The van der Waals surface area contributed by atoms with Crippen molar-refractivity contribution >= 4 is 0 Å². The van der Waals surface area contributed by atoms with Crippen LogP contribution >= 0.6 is 0 Å². The summed E-state index contributed by atoms with van der Waals surface area (Å²) >= 11 is 0. The number of hydrogen-bond donors (Lipinski definition) is 0. The van der Waals surface area contributed by atoms with Crippen molar-refractivity contribution in [1.29, 1.82) is 0 Å². The first kappa shape index (κ1) is 8.74. The van der Waals surface area contributed by atoms with Gasteiger partial charge in [-0.05, 0) is 31.5 Å². The van der Waals surface area contributed by atoms with E-state index in [1.54, 1.807) is 0 Å². The van der Waals surface area contributed by atoms with Crippen molar-refractivity contribution in [3.63, 3.8) is 0 Å². The molecular formula is C10H10N4. The number of aryl methyl sites for hydroxylation is 2. The highest BCUT2D eigenvalue weighted by Crippen LogP contribution is 2.13. The molecule has 0 N–H and O–H groups in total. The van der Waals surface area contributed by atoms with Gasteiger partial charge in [-0.15, -0.1) is 0 Å². The lowest BCUT2D eigenvalue weighted by atomic mass is 10.2. The van der Waals surface area contributed by atoms with Gasteiger partial charge in [0.2, 0.25) is 0 Å². The van der Waals surface area contributed by atoms with Crippen molar-refractivity contribution in [2.24, 2.45) is 0 Å². The first-order valence-corrected chi connectivity index (χ1v) is 4.33. The maximum atomic E-state index is 4.35. The second-order valence-electron chi connectivity index (χ2n) is 3.13. The molecule has 14 heavy (non-hydrogen) atoms. The van der Waals surface area contributed by atoms with E-state index >= 15 is 0 Å². The van der Waals surface area contributed by atoms with E-state index in [4.69, 9.17) is 0 Å². The van der Waals surface area contributed by atoms with E-state index in [-0.39, 0.29) is 0 Å². The van der Waals surface area contributed by atoms with Crippen LogP contribution in [0.1, 0.15) is 11.3 Å². The Morgan fingerprint density at radius 3 is 2.36 bits per heavy atom. The largest absolute Gasteiger partial charge is 0.250 e. The molecule has 0 saturated carbocycles. The fraction of sp³-hybridized carbons (Fsp3) is 0.200. The second-order valence-corrected chi connectivity index (χ2v) is 3.13. The highest BCUT2D eigenvalue weighted by atomic mass is 15.0. The third-order valence-corrected chi connectivity index (χ3v) is 1.82. The summed E-state index contributed by atoms with van der Waals surface area (Å²) in [7, 11) is 0. The Bertz CT molecular complexity index is 419. The fourth-order valence-corrected chi connectivity index (χ4v) is 1.33. The Balaban J connectivity index is 2.52. The molecule has 2 aromatic heterocycles. The third kappa shape index (κ3) is 1.74. The summed E-state index contributed by atoms with van der Waals surface area (Å²) in [6.45, 7) is 3.98. The summed E-state index contributed by atoms with van der Waals surface area (Å²) in [6.07, 6.45) is 2.95. The normalized spacial score (nSPS) is 10.1. The van der Waals surface area contributed by atoms with Gasteiger partial charge in [0.15, 0.2) is 5.82 Å². The summed E-state index contributed by atoms with van der Waals surface area (Å²) in [6, 6.07) is 3.98. The third-order valence-electron chi connectivity index (χ3n) is 1.82. The average molecular weight is 186 g/mol. The van der Waals surface area contributed by atoms with E-state index in [9.17, 15) is 0 Å². The first-order valence-electron chi connectivity index (χ1n) is 4.33. The van der Waals surface area contributed by atoms with Gasteiger partial charge >= 0.3 is 0 Å². The summed E-state index contributed by atoms with van der Waals surface area (Å²) in [5.74, 6) is 0.617. The summed E-state index contributed by atoms with van der Waals surface area (Å²) in [5, 5.41) is 0. The van der Waals surface area contributed by atoms with E-state index < -0.39 is 0 Å². The van der Waals surface area contributed by atoms with E-state index in [1.807, 2.05) is 26.0 Å². The summed E-state index contributed by atoms with van der Waals surface area (Å²) in [4.78, 5) is 16.2. The van der Waals surface area contributed by atoms with E-state index in [0.717, 1.165) is 17.0 Å². The minimum absolute atomic E-state index is 0.617. The molecule has 2 rings (SSSR count). The van der Waals surface area contributed by atoms with Gasteiger partial charge in [-0.2, -0.15) is 0 Å². The second kappa shape index (κ2) is 3.49. The minimum Gasteiger partial charge on any atom is -0.250 e. The highest BCUT2D eigenvalue weighted by molar-refractivity contribution is 5.49. The molecule has 0 spiro atoms. The standard InChI is InChI=1S/C10H10N4/c1-7-3-8(2)14-9(4-7)10-12-5-11-6-13-10/h3-6H,1-2H3. The number of aromatic nitrogens is 4. The molecule has 0 atom stereocenters. The molecule has 0 aliphatic heterocycles. The molecule has 0 fully saturated rings. The van der Waals surface area contributed by atoms with Crippen LogP contribution in [-0.4, -0.2) is 19.9 Å². The minimum atomic E-state index is 0.617. The van der Waals surface area contributed by atoms with E-state index in [1.165, 1.54) is 12.7 Å². The summed E-state index contributed by atoms with van der Waals surface area (Å²) < 4.78 is 0. The van der Waals surface area contributed by atoms with Gasteiger partial charge in [0.1, 0.15) is 18.3 Å². The van der Waals surface area contributed by atoms with Crippen molar-refractivity contribution in [2.45, 2.75) is 13.8 Å². The lowest BCUT2D eigenvalue weighted by molar-refractivity contribution is 1.03. The zero-order valence-electron chi connectivity index (χ0n) is 8.10.